The van der Waals surface area contributed by atoms with Crippen molar-refractivity contribution in [2.24, 2.45) is 0 Å². The van der Waals surface area contributed by atoms with Crippen LogP contribution in [0.1, 0.15) is 22.3 Å². The van der Waals surface area contributed by atoms with Gasteiger partial charge in [0.1, 0.15) is 0 Å². The monoisotopic (exact) mass is 345 g/mol. The van der Waals surface area contributed by atoms with Crippen LogP contribution in [0.2, 0.25) is 0 Å². The van der Waals surface area contributed by atoms with Gasteiger partial charge in [-0.2, -0.15) is 0 Å². The van der Waals surface area contributed by atoms with Crippen molar-refractivity contribution in [2.75, 3.05) is 33.7 Å². The van der Waals surface area contributed by atoms with Gasteiger partial charge < -0.3 is 15.5 Å². The molecule has 0 radical (unpaired) electrons. The molecule has 1 aliphatic rings. The number of carbonyl (C=O) groups excluding carboxylic acids is 1. The third kappa shape index (κ3) is 6.79. The summed E-state index contributed by atoms with van der Waals surface area (Å²) in [5, 5.41) is 6.27. The van der Waals surface area contributed by atoms with Gasteiger partial charge in [-0.25, -0.2) is 0 Å². The molecule has 124 valence electrons. The molecule has 0 aliphatic carbocycles. The van der Waals surface area contributed by atoms with Crippen LogP contribution in [-0.2, 0) is 6.54 Å². The minimum Gasteiger partial charge on any atom is -0.348 e. The maximum atomic E-state index is 12.2. The second kappa shape index (κ2) is 10.6. The largest absolute Gasteiger partial charge is 0.348 e. The number of nitrogens with one attached hydrogen (secondary N) is 2. The molecule has 2 rings (SSSR count). The van der Waals surface area contributed by atoms with E-state index in [1.807, 2.05) is 38.4 Å². The molecular weight excluding hydrogens is 321 g/mol. The number of hydrogen-bond acceptors (Lipinski definition) is 3. The van der Waals surface area contributed by atoms with Crippen LogP contribution in [0.3, 0.4) is 0 Å². The van der Waals surface area contributed by atoms with Gasteiger partial charge >= 0.3 is 0 Å². The molecule has 2 N–H and O–H groups in total. The molecule has 22 heavy (non-hydrogen) atoms. The number of amides is 1. The Balaban J connectivity index is 0.00000220. The molecule has 1 aromatic rings. The van der Waals surface area contributed by atoms with Gasteiger partial charge in [0, 0.05) is 25.2 Å². The molecule has 1 aromatic carbocycles. The van der Waals surface area contributed by atoms with Crippen LogP contribution in [0.4, 0.5) is 0 Å². The first-order chi connectivity index (χ1) is 9.65. The Hall–Kier alpha value is -1.07. The standard InChI is InChI=1S/C16H23N3O.2ClH/c1-19(2)12-14-4-3-5-15(10-14)16(20)18-11-13-6-8-17-9-7-13;;/h3-6,10,17H,7-9,11-12H2,1-2H3,(H,18,20);2*1H. The molecule has 4 nitrogen and oxygen atoms in total. The van der Waals surface area contributed by atoms with Crippen molar-refractivity contribution in [2.45, 2.75) is 13.0 Å². The zero-order valence-corrected chi connectivity index (χ0v) is 14.7. The normalized spacial score (nSPS) is 13.7. The van der Waals surface area contributed by atoms with Crippen LogP contribution in [0.25, 0.3) is 0 Å². The highest BCUT2D eigenvalue weighted by Gasteiger charge is 2.08. The second-order valence-electron chi connectivity index (χ2n) is 5.44. The predicted octanol–water partition coefficient (Wildman–Crippen LogP) is 2.24. The van der Waals surface area contributed by atoms with Crippen molar-refractivity contribution in [3.05, 3.63) is 47.0 Å². The lowest BCUT2D eigenvalue weighted by Gasteiger charge is -2.15. The van der Waals surface area contributed by atoms with E-state index in [-0.39, 0.29) is 30.7 Å². The second-order valence-corrected chi connectivity index (χ2v) is 5.44. The number of hydrogen-bond donors (Lipinski definition) is 2. The van der Waals surface area contributed by atoms with Crippen molar-refractivity contribution < 1.29 is 4.79 Å². The van der Waals surface area contributed by atoms with Gasteiger partial charge in [-0.1, -0.05) is 23.8 Å². The molecule has 0 saturated carbocycles. The number of benzene rings is 1. The summed E-state index contributed by atoms with van der Waals surface area (Å²) in [7, 11) is 4.05. The van der Waals surface area contributed by atoms with E-state index >= 15 is 0 Å². The SMILES string of the molecule is CN(C)Cc1cccc(C(=O)NCC2=CCNCC2)c1.Cl.Cl. The molecule has 0 fully saturated rings. The number of nitrogens with zero attached hydrogens (tertiary/aromatic N) is 1. The molecule has 0 saturated heterocycles. The van der Waals surface area contributed by atoms with E-state index in [2.05, 4.69) is 21.6 Å². The summed E-state index contributed by atoms with van der Waals surface area (Å²) in [6, 6.07) is 7.82. The average Bonchev–Trinajstić information content (AvgIpc) is 2.45. The van der Waals surface area contributed by atoms with Crippen LogP contribution < -0.4 is 10.6 Å². The summed E-state index contributed by atoms with van der Waals surface area (Å²) in [5.74, 6) is 0.00467. The van der Waals surface area contributed by atoms with Crippen LogP contribution >= 0.6 is 24.8 Å². The summed E-state index contributed by atoms with van der Waals surface area (Å²) in [4.78, 5) is 14.3. The fourth-order valence-corrected chi connectivity index (χ4v) is 2.30. The van der Waals surface area contributed by atoms with Crippen molar-refractivity contribution in [1.29, 1.82) is 0 Å². The maximum absolute atomic E-state index is 12.2. The van der Waals surface area contributed by atoms with Crippen molar-refractivity contribution in [1.82, 2.24) is 15.5 Å². The van der Waals surface area contributed by atoms with Gasteiger partial charge in [0.2, 0.25) is 0 Å². The van der Waals surface area contributed by atoms with Crippen molar-refractivity contribution >= 4 is 30.7 Å². The molecule has 0 unspecified atom stereocenters. The van der Waals surface area contributed by atoms with Gasteiger partial charge in [-0.05, 0) is 44.8 Å². The van der Waals surface area contributed by atoms with Crippen LogP contribution in [0, 0.1) is 0 Å². The Labute approximate surface area is 145 Å². The lowest BCUT2D eigenvalue weighted by Crippen LogP contribution is -2.29. The van der Waals surface area contributed by atoms with Crippen molar-refractivity contribution in [3.63, 3.8) is 0 Å². The third-order valence-electron chi connectivity index (χ3n) is 3.32. The molecule has 1 heterocycles. The maximum Gasteiger partial charge on any atom is 0.251 e. The first-order valence-corrected chi connectivity index (χ1v) is 7.05. The van der Waals surface area contributed by atoms with E-state index in [9.17, 15) is 4.79 Å². The minimum atomic E-state index is 0. The summed E-state index contributed by atoms with van der Waals surface area (Å²) in [6.45, 7) is 3.40. The Bertz CT molecular complexity index is 504. The Morgan fingerprint density at radius 2 is 2.09 bits per heavy atom. The van der Waals surface area contributed by atoms with Crippen molar-refractivity contribution in [3.8, 4) is 0 Å². The van der Waals surface area contributed by atoms with Crippen LogP contribution in [0.5, 0.6) is 0 Å². The Morgan fingerprint density at radius 3 is 2.73 bits per heavy atom. The molecule has 0 aromatic heterocycles. The number of halogens is 2. The Morgan fingerprint density at radius 1 is 1.32 bits per heavy atom. The average molecular weight is 346 g/mol. The number of rotatable bonds is 5. The lowest BCUT2D eigenvalue weighted by molar-refractivity contribution is 0.0956. The first kappa shape index (κ1) is 20.9. The lowest BCUT2D eigenvalue weighted by atomic mass is 10.1. The van der Waals surface area contributed by atoms with Crippen LogP contribution in [-0.4, -0.2) is 44.5 Å². The fraction of sp³-hybridized carbons (Fsp3) is 0.438. The van der Waals surface area contributed by atoms with E-state index in [4.69, 9.17) is 0 Å². The predicted molar refractivity (Wildman–Crippen MR) is 96.2 cm³/mol. The highest BCUT2D eigenvalue weighted by Crippen LogP contribution is 2.08. The van der Waals surface area contributed by atoms with Gasteiger partial charge in [-0.15, -0.1) is 24.8 Å². The van der Waals surface area contributed by atoms with E-state index in [0.29, 0.717) is 6.54 Å². The van der Waals surface area contributed by atoms with E-state index in [0.717, 1.165) is 37.2 Å². The number of carbonyl (C=O) groups is 1. The van der Waals surface area contributed by atoms with Gasteiger partial charge in [0.25, 0.3) is 5.91 Å². The molecule has 6 heteroatoms. The summed E-state index contributed by atoms with van der Waals surface area (Å²) in [5.41, 5.74) is 3.20. The highest BCUT2D eigenvalue weighted by atomic mass is 35.5. The minimum absolute atomic E-state index is 0. The highest BCUT2D eigenvalue weighted by molar-refractivity contribution is 5.94. The molecule has 0 spiro atoms. The smallest absolute Gasteiger partial charge is 0.251 e. The zero-order valence-electron chi connectivity index (χ0n) is 13.1. The fourth-order valence-electron chi connectivity index (χ4n) is 2.30. The summed E-state index contributed by atoms with van der Waals surface area (Å²) >= 11 is 0. The topological polar surface area (TPSA) is 44.4 Å². The van der Waals surface area contributed by atoms with Crippen LogP contribution in [0.15, 0.2) is 35.9 Å². The molecule has 1 amide bonds. The molecular formula is C16H25Cl2N3O. The molecule has 0 atom stereocenters. The van der Waals surface area contributed by atoms with E-state index in [1.54, 1.807) is 0 Å². The van der Waals surface area contributed by atoms with Gasteiger partial charge in [0.15, 0.2) is 0 Å². The zero-order chi connectivity index (χ0) is 14.4. The molecule has 1 aliphatic heterocycles. The summed E-state index contributed by atoms with van der Waals surface area (Å²) in [6.07, 6.45) is 3.17. The van der Waals surface area contributed by atoms with Gasteiger partial charge in [0.05, 0.1) is 0 Å². The summed E-state index contributed by atoms with van der Waals surface area (Å²) < 4.78 is 0. The quantitative estimate of drug-likeness (QED) is 0.804. The van der Waals surface area contributed by atoms with E-state index < -0.39 is 0 Å². The molecule has 0 bridgehead atoms. The first-order valence-electron chi connectivity index (χ1n) is 7.05. The van der Waals surface area contributed by atoms with E-state index in [1.165, 1.54) is 5.57 Å². The van der Waals surface area contributed by atoms with Gasteiger partial charge in [-0.3, -0.25) is 4.79 Å². The Kier molecular flexibility index (Phi) is 10.1. The third-order valence-corrected chi connectivity index (χ3v) is 3.32.